The Morgan fingerprint density at radius 2 is 2.43 bits per heavy atom. The van der Waals surface area contributed by atoms with E-state index >= 15 is 0 Å². The number of ether oxygens (including phenoxy) is 1. The first-order valence-electron chi connectivity index (χ1n) is 1.51. The first-order chi connectivity index (χ1) is 3.31. The topological polar surface area (TPSA) is 43.4 Å². The lowest BCUT2D eigenvalue weighted by Crippen LogP contribution is -1.95. The molecular formula is C4H3O3. The summed E-state index contributed by atoms with van der Waals surface area (Å²) in [6, 6.07) is 0. The van der Waals surface area contributed by atoms with Crippen molar-refractivity contribution in [3.63, 3.8) is 0 Å². The van der Waals surface area contributed by atoms with Crippen LogP contribution in [-0.4, -0.2) is 12.4 Å². The predicted molar refractivity (Wildman–Crippen MR) is 22.0 cm³/mol. The van der Waals surface area contributed by atoms with Crippen molar-refractivity contribution in [1.82, 2.24) is 0 Å². The summed E-state index contributed by atoms with van der Waals surface area (Å²) >= 11 is 0. The number of hydrogen-bond donors (Lipinski definition) is 0. The molecule has 0 aromatic heterocycles. The smallest absolute Gasteiger partial charge is 0.381 e. The van der Waals surface area contributed by atoms with Gasteiger partial charge in [0.1, 0.15) is 0 Å². The fourth-order valence-electron chi connectivity index (χ4n) is 0.0827. The number of rotatable bonds is 2. The van der Waals surface area contributed by atoms with E-state index in [1.807, 2.05) is 0 Å². The molecular weight excluding hydrogens is 96.0 g/mol. The molecule has 7 heavy (non-hydrogen) atoms. The van der Waals surface area contributed by atoms with Gasteiger partial charge in [0, 0.05) is 6.08 Å². The largest absolute Gasteiger partial charge is 0.425 e. The van der Waals surface area contributed by atoms with Gasteiger partial charge in [0.25, 0.3) is 0 Å². The molecule has 0 aromatic carbocycles. The van der Waals surface area contributed by atoms with Gasteiger partial charge in [-0.3, -0.25) is 0 Å². The van der Waals surface area contributed by atoms with Gasteiger partial charge >= 0.3 is 12.4 Å². The average Bonchev–Trinajstić information content (AvgIpc) is 1.68. The van der Waals surface area contributed by atoms with Crippen LogP contribution in [0, 0.1) is 0 Å². The van der Waals surface area contributed by atoms with Crippen molar-refractivity contribution >= 4 is 12.4 Å². The van der Waals surface area contributed by atoms with Gasteiger partial charge in [-0.15, -0.1) is 0 Å². The van der Waals surface area contributed by atoms with E-state index in [0.29, 0.717) is 0 Å². The van der Waals surface area contributed by atoms with Crippen LogP contribution >= 0.6 is 0 Å². The standard InChI is InChI=1S/C4H3O3/c1-2-4(6)7-3-5/h2H,1H2. The van der Waals surface area contributed by atoms with Crippen molar-refractivity contribution in [3.05, 3.63) is 12.7 Å². The molecule has 0 atom stereocenters. The van der Waals surface area contributed by atoms with Crippen LogP contribution in [0.2, 0.25) is 0 Å². The maximum absolute atomic E-state index is 9.81. The Bertz CT molecular complexity index is 95.1. The molecule has 0 saturated carbocycles. The Morgan fingerprint density at radius 1 is 1.86 bits per heavy atom. The highest BCUT2D eigenvalue weighted by atomic mass is 16.6. The van der Waals surface area contributed by atoms with Crippen molar-refractivity contribution in [2.75, 3.05) is 0 Å². The first kappa shape index (κ1) is 5.88. The van der Waals surface area contributed by atoms with Crippen LogP contribution in [0.4, 0.5) is 0 Å². The molecule has 0 fully saturated rings. The molecule has 0 rings (SSSR count). The van der Waals surface area contributed by atoms with Crippen molar-refractivity contribution in [2.45, 2.75) is 0 Å². The SMILES string of the molecule is C=CC(=O)O[C]=O. The quantitative estimate of drug-likeness (QED) is 0.273. The van der Waals surface area contributed by atoms with Crippen LogP contribution < -0.4 is 0 Å². The van der Waals surface area contributed by atoms with E-state index in [0.717, 1.165) is 12.5 Å². The maximum atomic E-state index is 9.81. The molecule has 0 aliphatic heterocycles. The third kappa shape index (κ3) is 2.69. The Balaban J connectivity index is 3.36. The van der Waals surface area contributed by atoms with E-state index in [9.17, 15) is 4.79 Å². The fourth-order valence-corrected chi connectivity index (χ4v) is 0.0827. The molecule has 0 aliphatic rings. The number of carbonyl (C=O) groups is 1. The lowest BCUT2D eigenvalue weighted by atomic mass is 10.7. The highest BCUT2D eigenvalue weighted by Gasteiger charge is 1.89. The first-order valence-corrected chi connectivity index (χ1v) is 1.51. The van der Waals surface area contributed by atoms with E-state index in [2.05, 4.69) is 11.3 Å². The minimum Gasteiger partial charge on any atom is -0.381 e. The third-order valence-corrected chi connectivity index (χ3v) is 0.309. The molecule has 0 bridgehead atoms. The molecule has 3 heteroatoms. The lowest BCUT2D eigenvalue weighted by Gasteiger charge is -1.79. The zero-order valence-electron chi connectivity index (χ0n) is 3.51. The zero-order chi connectivity index (χ0) is 5.70. The van der Waals surface area contributed by atoms with Gasteiger partial charge in [0.2, 0.25) is 0 Å². The van der Waals surface area contributed by atoms with Crippen LogP contribution in [0.3, 0.4) is 0 Å². The highest BCUT2D eigenvalue weighted by molar-refractivity contribution is 5.86. The van der Waals surface area contributed by atoms with Gasteiger partial charge in [-0.1, -0.05) is 6.58 Å². The minimum absolute atomic E-state index is 0.782. The summed E-state index contributed by atoms with van der Waals surface area (Å²) in [4.78, 5) is 19.0. The van der Waals surface area contributed by atoms with Crippen LogP contribution in [-0.2, 0) is 14.3 Å². The van der Waals surface area contributed by atoms with Crippen LogP contribution in [0.1, 0.15) is 0 Å². The molecule has 0 N–H and O–H groups in total. The lowest BCUT2D eigenvalue weighted by molar-refractivity contribution is -0.130. The van der Waals surface area contributed by atoms with Gasteiger partial charge in [-0.25, -0.2) is 9.59 Å². The van der Waals surface area contributed by atoms with Crippen molar-refractivity contribution in [2.24, 2.45) is 0 Å². The Kier molecular flexibility index (Phi) is 2.59. The second-order valence-corrected chi connectivity index (χ2v) is 0.709. The molecule has 0 spiro atoms. The van der Waals surface area contributed by atoms with Gasteiger partial charge in [0.05, 0.1) is 0 Å². The third-order valence-electron chi connectivity index (χ3n) is 0.309. The van der Waals surface area contributed by atoms with Crippen molar-refractivity contribution < 1.29 is 14.3 Å². The molecule has 0 amide bonds. The molecule has 1 radical (unpaired) electrons. The second-order valence-electron chi connectivity index (χ2n) is 0.709. The summed E-state index contributed by atoms with van der Waals surface area (Å²) in [7, 11) is 0. The predicted octanol–water partition coefficient (Wildman–Crippen LogP) is -0.217. The van der Waals surface area contributed by atoms with E-state index in [1.54, 1.807) is 0 Å². The monoisotopic (exact) mass is 99.0 g/mol. The summed E-state index contributed by atoms with van der Waals surface area (Å²) < 4.78 is 3.63. The average molecular weight is 99.1 g/mol. The van der Waals surface area contributed by atoms with E-state index in [1.165, 1.54) is 0 Å². The Hall–Kier alpha value is -1.12. The molecule has 0 unspecified atom stereocenters. The normalized spacial score (nSPS) is 6.86. The number of hydrogen-bond acceptors (Lipinski definition) is 3. The summed E-state index contributed by atoms with van der Waals surface area (Å²) in [5, 5.41) is 0. The maximum Gasteiger partial charge on any atom is 0.425 e. The van der Waals surface area contributed by atoms with Crippen LogP contribution in [0.15, 0.2) is 12.7 Å². The fraction of sp³-hybridized carbons (Fsp3) is 0. The number of esters is 1. The van der Waals surface area contributed by atoms with Gasteiger partial charge in [-0.05, 0) is 0 Å². The van der Waals surface area contributed by atoms with Gasteiger partial charge in [-0.2, -0.15) is 0 Å². The summed E-state index contributed by atoms with van der Waals surface area (Å²) in [5.41, 5.74) is 0. The minimum atomic E-state index is -0.782. The molecule has 0 heterocycles. The van der Waals surface area contributed by atoms with E-state index < -0.39 is 5.97 Å². The van der Waals surface area contributed by atoms with Crippen LogP contribution in [0.5, 0.6) is 0 Å². The summed E-state index contributed by atoms with van der Waals surface area (Å²) in [6.07, 6.45) is 0.880. The van der Waals surface area contributed by atoms with E-state index in [4.69, 9.17) is 4.79 Å². The van der Waals surface area contributed by atoms with E-state index in [-0.39, 0.29) is 0 Å². The molecule has 0 aromatic rings. The van der Waals surface area contributed by atoms with Gasteiger partial charge in [0.15, 0.2) is 0 Å². The Labute approximate surface area is 40.6 Å². The summed E-state index contributed by atoms with van der Waals surface area (Å²) in [5.74, 6) is -0.782. The molecule has 0 aliphatic carbocycles. The van der Waals surface area contributed by atoms with Crippen LogP contribution in [0.25, 0.3) is 0 Å². The highest BCUT2D eigenvalue weighted by Crippen LogP contribution is 1.69. The number of carbonyl (C=O) groups excluding carboxylic acids is 2. The van der Waals surface area contributed by atoms with Crippen molar-refractivity contribution in [1.29, 1.82) is 0 Å². The zero-order valence-corrected chi connectivity index (χ0v) is 3.51. The molecule has 3 nitrogen and oxygen atoms in total. The molecule has 37 valence electrons. The summed E-state index contributed by atoms with van der Waals surface area (Å²) in [6.45, 7) is 3.97. The van der Waals surface area contributed by atoms with Crippen molar-refractivity contribution in [3.8, 4) is 0 Å². The second kappa shape index (κ2) is 3.08. The Morgan fingerprint density at radius 3 is 2.57 bits per heavy atom. The molecule has 0 saturated heterocycles. The van der Waals surface area contributed by atoms with Gasteiger partial charge < -0.3 is 4.74 Å².